The second-order valence-corrected chi connectivity index (χ2v) is 7.94. The maximum Gasteiger partial charge on any atom is 0.417 e. The molecular weight excluding hydrogens is 407 g/mol. The summed E-state index contributed by atoms with van der Waals surface area (Å²) in [7, 11) is 0. The second kappa shape index (κ2) is 8.80. The number of thiazole rings is 1. The number of rotatable bonds is 6. The molecule has 0 saturated heterocycles. The fourth-order valence-electron chi connectivity index (χ4n) is 2.67. The molecule has 144 valence electrons. The Hall–Kier alpha value is -0.990. The van der Waals surface area contributed by atoms with Crippen LogP contribution in [0.15, 0.2) is 33.8 Å². The Bertz CT molecular complexity index is 701. The molecule has 0 spiro atoms. The van der Waals surface area contributed by atoms with E-state index in [1.807, 2.05) is 12.3 Å². The first-order valence-corrected chi connectivity index (χ1v) is 9.87. The fraction of sp³-hybridized carbons (Fsp3) is 0.529. The van der Waals surface area contributed by atoms with Crippen LogP contribution in [-0.4, -0.2) is 29.5 Å². The molecule has 3 nitrogen and oxygen atoms in total. The predicted molar refractivity (Wildman–Crippen MR) is 99.6 cm³/mol. The van der Waals surface area contributed by atoms with E-state index < -0.39 is 23.6 Å². The molecule has 0 aliphatic heterocycles. The van der Waals surface area contributed by atoms with Crippen molar-refractivity contribution in [2.45, 2.75) is 32.4 Å². The Morgan fingerprint density at radius 2 is 2.23 bits per heavy atom. The summed E-state index contributed by atoms with van der Waals surface area (Å²) in [6.07, 6.45) is -1.81. The van der Waals surface area contributed by atoms with Gasteiger partial charge in [0.05, 0.1) is 16.5 Å². The highest BCUT2D eigenvalue weighted by molar-refractivity contribution is 7.80. The van der Waals surface area contributed by atoms with Crippen molar-refractivity contribution in [1.82, 2.24) is 4.98 Å². The summed E-state index contributed by atoms with van der Waals surface area (Å²) < 4.78 is 44.4. The van der Waals surface area contributed by atoms with E-state index >= 15 is 0 Å². The quantitative estimate of drug-likeness (QED) is 0.492. The Morgan fingerprint density at radius 3 is 2.77 bits per heavy atom. The summed E-state index contributed by atoms with van der Waals surface area (Å²) >= 11 is 11.4. The van der Waals surface area contributed by atoms with Gasteiger partial charge in [-0.25, -0.2) is 4.98 Å². The van der Waals surface area contributed by atoms with Crippen LogP contribution in [0.25, 0.3) is 0 Å². The summed E-state index contributed by atoms with van der Waals surface area (Å²) in [6.45, 7) is 3.41. The first-order valence-electron chi connectivity index (χ1n) is 7.98. The van der Waals surface area contributed by atoms with Crippen molar-refractivity contribution in [2.75, 3.05) is 12.4 Å². The molecule has 1 heterocycles. The molecule has 3 unspecified atom stereocenters. The summed E-state index contributed by atoms with van der Waals surface area (Å²) in [5.74, 6) is -1.17. The van der Waals surface area contributed by atoms with Gasteiger partial charge in [0.25, 0.3) is 0 Å². The van der Waals surface area contributed by atoms with Crippen molar-refractivity contribution in [1.29, 1.82) is 0 Å². The molecule has 0 fully saturated rings. The summed E-state index contributed by atoms with van der Waals surface area (Å²) in [6, 6.07) is 0. The van der Waals surface area contributed by atoms with Gasteiger partial charge in [-0.3, -0.25) is 4.79 Å². The lowest BCUT2D eigenvalue weighted by Gasteiger charge is -2.25. The van der Waals surface area contributed by atoms with Crippen LogP contribution in [0.4, 0.5) is 13.2 Å². The van der Waals surface area contributed by atoms with E-state index in [1.165, 1.54) is 11.3 Å². The first-order chi connectivity index (χ1) is 12.1. The highest BCUT2D eigenvalue weighted by Gasteiger charge is 2.38. The lowest BCUT2D eigenvalue weighted by molar-refractivity contribution is -0.147. The van der Waals surface area contributed by atoms with Gasteiger partial charge in [0, 0.05) is 28.3 Å². The molecular formula is C17H19ClF3NO2S2. The second-order valence-electron chi connectivity index (χ2n) is 6.20. The molecule has 0 radical (unpaired) electrons. The zero-order chi connectivity index (χ0) is 19.5. The number of carbonyl (C=O) groups is 1. The van der Waals surface area contributed by atoms with Gasteiger partial charge in [0.2, 0.25) is 0 Å². The Morgan fingerprint density at radius 1 is 1.54 bits per heavy atom. The van der Waals surface area contributed by atoms with E-state index in [4.69, 9.17) is 16.3 Å². The van der Waals surface area contributed by atoms with Gasteiger partial charge in [0.1, 0.15) is 6.61 Å². The van der Waals surface area contributed by atoms with E-state index in [1.54, 1.807) is 13.1 Å². The average Bonchev–Trinajstić information content (AvgIpc) is 3.07. The molecule has 26 heavy (non-hydrogen) atoms. The van der Waals surface area contributed by atoms with Crippen molar-refractivity contribution in [3.05, 3.63) is 38.8 Å². The number of carbonyl (C=O) groups excluding carboxylic acids is 1. The third kappa shape index (κ3) is 5.04. The molecule has 1 aromatic rings. The van der Waals surface area contributed by atoms with E-state index in [0.717, 1.165) is 11.1 Å². The monoisotopic (exact) mass is 425 g/mol. The SMILES string of the molecule is CC1CC(Cl)=C(C(F)(F)F)C=C1COC(=O)C(CS)C(C)c1nccs1. The van der Waals surface area contributed by atoms with Gasteiger partial charge < -0.3 is 4.74 Å². The van der Waals surface area contributed by atoms with Gasteiger partial charge in [-0.15, -0.1) is 11.3 Å². The number of hydrogen-bond acceptors (Lipinski definition) is 5. The van der Waals surface area contributed by atoms with Gasteiger partial charge in [0.15, 0.2) is 0 Å². The van der Waals surface area contributed by atoms with Crippen molar-refractivity contribution in [3.8, 4) is 0 Å². The van der Waals surface area contributed by atoms with Crippen LogP contribution < -0.4 is 0 Å². The van der Waals surface area contributed by atoms with Crippen LogP contribution in [0.2, 0.25) is 0 Å². The van der Waals surface area contributed by atoms with E-state index in [-0.39, 0.29) is 35.6 Å². The lowest BCUT2D eigenvalue weighted by Crippen LogP contribution is -2.27. The van der Waals surface area contributed by atoms with Crippen LogP contribution in [0.3, 0.4) is 0 Å². The number of allylic oxidation sites excluding steroid dienone is 3. The van der Waals surface area contributed by atoms with Crippen LogP contribution >= 0.6 is 35.6 Å². The number of nitrogens with zero attached hydrogens (tertiary/aromatic N) is 1. The van der Waals surface area contributed by atoms with Crippen LogP contribution in [0.5, 0.6) is 0 Å². The number of esters is 1. The third-order valence-electron chi connectivity index (χ3n) is 4.37. The molecule has 0 bridgehead atoms. The van der Waals surface area contributed by atoms with Crippen LogP contribution in [0, 0.1) is 11.8 Å². The largest absolute Gasteiger partial charge is 0.461 e. The summed E-state index contributed by atoms with van der Waals surface area (Å²) in [5, 5.41) is 2.39. The zero-order valence-corrected chi connectivity index (χ0v) is 16.7. The number of ether oxygens (including phenoxy) is 1. The van der Waals surface area contributed by atoms with E-state index in [9.17, 15) is 18.0 Å². The molecule has 0 amide bonds. The van der Waals surface area contributed by atoms with Crippen molar-refractivity contribution in [2.24, 2.45) is 11.8 Å². The number of aromatic nitrogens is 1. The predicted octanol–water partition coefficient (Wildman–Crippen LogP) is 5.36. The highest BCUT2D eigenvalue weighted by atomic mass is 35.5. The molecule has 1 aliphatic rings. The molecule has 1 aromatic heterocycles. The lowest BCUT2D eigenvalue weighted by atomic mass is 9.89. The minimum Gasteiger partial charge on any atom is -0.461 e. The number of thiol groups is 1. The standard InChI is InChI=1S/C17H19ClF3NO2S2/c1-9-5-14(18)13(17(19,20)21)6-11(9)7-24-16(23)12(8-25)10(2)15-22-3-4-26-15/h3-4,6,9-10,12,25H,5,7-8H2,1-2H3. The molecule has 1 aliphatic carbocycles. The topological polar surface area (TPSA) is 39.2 Å². The number of hydrogen-bond donors (Lipinski definition) is 1. The van der Waals surface area contributed by atoms with Gasteiger partial charge in [-0.1, -0.05) is 25.4 Å². The maximum atomic E-state index is 13.0. The Balaban J connectivity index is 2.07. The van der Waals surface area contributed by atoms with Crippen LogP contribution in [-0.2, 0) is 9.53 Å². The van der Waals surface area contributed by atoms with E-state index in [0.29, 0.717) is 5.57 Å². The Kier molecular flexibility index (Phi) is 7.21. The number of halogens is 4. The smallest absolute Gasteiger partial charge is 0.417 e. The third-order valence-corrected chi connectivity index (χ3v) is 6.10. The molecule has 3 atom stereocenters. The van der Waals surface area contributed by atoms with Gasteiger partial charge >= 0.3 is 12.1 Å². The first kappa shape index (κ1) is 21.3. The maximum absolute atomic E-state index is 13.0. The summed E-state index contributed by atoms with van der Waals surface area (Å²) in [5.41, 5.74) is -0.472. The Labute approximate surface area is 164 Å². The van der Waals surface area contributed by atoms with E-state index in [2.05, 4.69) is 17.6 Å². The molecule has 0 N–H and O–H groups in total. The molecule has 2 rings (SSSR count). The molecule has 0 aromatic carbocycles. The van der Waals surface area contributed by atoms with Crippen molar-refractivity contribution in [3.63, 3.8) is 0 Å². The van der Waals surface area contributed by atoms with Crippen molar-refractivity contribution >= 4 is 41.5 Å². The zero-order valence-electron chi connectivity index (χ0n) is 14.2. The summed E-state index contributed by atoms with van der Waals surface area (Å²) in [4.78, 5) is 16.6. The normalized spacial score (nSPS) is 20.6. The van der Waals surface area contributed by atoms with Crippen molar-refractivity contribution < 1.29 is 22.7 Å². The molecule has 0 saturated carbocycles. The minimum atomic E-state index is -4.53. The fourth-order valence-corrected chi connectivity index (χ4v) is 4.29. The van der Waals surface area contributed by atoms with Crippen LogP contribution in [0.1, 0.15) is 31.2 Å². The number of alkyl halides is 3. The minimum absolute atomic E-state index is 0.0747. The van der Waals surface area contributed by atoms with Gasteiger partial charge in [-0.05, 0) is 24.0 Å². The average molecular weight is 426 g/mol. The van der Waals surface area contributed by atoms with Gasteiger partial charge in [-0.2, -0.15) is 25.8 Å². The highest BCUT2D eigenvalue weighted by Crippen LogP contribution is 2.39. The molecule has 9 heteroatoms.